The Bertz CT molecular complexity index is 544. The first-order valence-corrected chi connectivity index (χ1v) is 8.65. The molecule has 6 nitrogen and oxygen atoms in total. The number of nitrogens with two attached hydrogens (primary N) is 1. The van der Waals surface area contributed by atoms with Gasteiger partial charge in [0.25, 0.3) is 0 Å². The highest BCUT2D eigenvalue weighted by molar-refractivity contribution is 7.91. The van der Waals surface area contributed by atoms with Crippen LogP contribution < -0.4 is 10.6 Å². The highest BCUT2D eigenvalue weighted by Gasteiger charge is 2.28. The summed E-state index contributed by atoms with van der Waals surface area (Å²) >= 11 is 0. The van der Waals surface area contributed by atoms with E-state index >= 15 is 0 Å². The van der Waals surface area contributed by atoms with Crippen molar-refractivity contribution in [3.63, 3.8) is 0 Å². The summed E-state index contributed by atoms with van der Waals surface area (Å²) in [6.45, 7) is 4.36. The quantitative estimate of drug-likeness (QED) is 0.901. The number of hydrogen-bond donors (Lipinski definition) is 1. The molecule has 0 spiro atoms. The molecule has 1 saturated heterocycles. The molecule has 1 aliphatic heterocycles. The van der Waals surface area contributed by atoms with Crippen LogP contribution in [0.5, 0.6) is 0 Å². The van der Waals surface area contributed by atoms with Crippen molar-refractivity contribution in [2.75, 3.05) is 30.0 Å². The molecule has 0 aliphatic carbocycles. The van der Waals surface area contributed by atoms with Crippen molar-refractivity contribution in [3.05, 3.63) is 0 Å². The van der Waals surface area contributed by atoms with Crippen LogP contribution in [0.25, 0.3) is 0 Å². The first-order chi connectivity index (χ1) is 8.95. The van der Waals surface area contributed by atoms with Gasteiger partial charge in [0.05, 0.1) is 0 Å². The Morgan fingerprint density at radius 1 is 1.26 bits per heavy atom. The smallest absolute Gasteiger partial charge is 0.182 e. The number of anilines is 2. The van der Waals surface area contributed by atoms with Gasteiger partial charge in [-0.05, 0) is 25.7 Å². The molecular formula is C12H22N4O2S. The van der Waals surface area contributed by atoms with Gasteiger partial charge in [0.15, 0.2) is 20.6 Å². The zero-order valence-electron chi connectivity index (χ0n) is 11.6. The van der Waals surface area contributed by atoms with E-state index in [0.717, 1.165) is 32.4 Å². The molecule has 0 atom stereocenters. The summed E-state index contributed by atoms with van der Waals surface area (Å²) in [5.41, 5.74) is 5.98. The topological polar surface area (TPSA) is 81.2 Å². The van der Waals surface area contributed by atoms with Crippen molar-refractivity contribution < 1.29 is 8.42 Å². The molecule has 2 N–H and O–H groups in total. The van der Waals surface area contributed by atoms with Crippen molar-refractivity contribution in [3.8, 4) is 0 Å². The van der Waals surface area contributed by atoms with Crippen LogP contribution in [0, 0.1) is 0 Å². The van der Waals surface area contributed by atoms with Crippen LogP contribution in [0.15, 0.2) is 4.90 Å². The Hall–Kier alpha value is -1.24. The highest BCUT2D eigenvalue weighted by atomic mass is 32.2. The second-order valence-corrected chi connectivity index (χ2v) is 7.03. The van der Waals surface area contributed by atoms with E-state index in [4.69, 9.17) is 5.73 Å². The van der Waals surface area contributed by atoms with Crippen LogP contribution in [-0.4, -0.2) is 37.5 Å². The van der Waals surface area contributed by atoms with Crippen molar-refractivity contribution >= 4 is 21.5 Å². The van der Waals surface area contributed by atoms with E-state index < -0.39 is 9.84 Å². The average Bonchev–Trinajstić information content (AvgIpc) is 2.68. The summed E-state index contributed by atoms with van der Waals surface area (Å²) in [6, 6.07) is 0. The van der Waals surface area contributed by atoms with Crippen molar-refractivity contribution in [2.45, 2.75) is 44.0 Å². The fourth-order valence-corrected chi connectivity index (χ4v) is 3.48. The fourth-order valence-electron chi connectivity index (χ4n) is 2.50. The van der Waals surface area contributed by atoms with E-state index in [1.165, 1.54) is 12.7 Å². The molecule has 7 heteroatoms. The molecule has 1 aliphatic rings. The number of nitrogen functional groups attached to an aromatic ring is 1. The Balaban J connectivity index is 2.48. The number of piperidine rings is 1. The molecule has 0 radical (unpaired) electrons. The summed E-state index contributed by atoms with van der Waals surface area (Å²) in [4.78, 5) is 2.24. The van der Waals surface area contributed by atoms with Crippen molar-refractivity contribution in [1.29, 1.82) is 0 Å². The van der Waals surface area contributed by atoms with E-state index in [0.29, 0.717) is 12.4 Å². The van der Waals surface area contributed by atoms with Gasteiger partial charge in [0.1, 0.15) is 5.82 Å². The standard InChI is InChI=1S/C12H22N4O2S/c1-3-7-16-11(13)10(19(2,17)18)12(14-16)15-8-5-4-6-9-15/h3-9,13H2,1-2H3. The van der Waals surface area contributed by atoms with E-state index in [9.17, 15) is 8.42 Å². The maximum absolute atomic E-state index is 12.0. The monoisotopic (exact) mass is 286 g/mol. The molecule has 1 aromatic heterocycles. The van der Waals surface area contributed by atoms with E-state index in [2.05, 4.69) is 5.10 Å². The van der Waals surface area contributed by atoms with Gasteiger partial charge in [0, 0.05) is 25.9 Å². The van der Waals surface area contributed by atoms with Crippen LogP contribution in [0.4, 0.5) is 11.6 Å². The van der Waals surface area contributed by atoms with Gasteiger partial charge in [-0.2, -0.15) is 5.10 Å². The molecule has 2 rings (SSSR count). The number of aryl methyl sites for hydroxylation is 1. The molecule has 0 saturated carbocycles. The third-order valence-electron chi connectivity index (χ3n) is 3.39. The lowest BCUT2D eigenvalue weighted by Gasteiger charge is -2.27. The van der Waals surface area contributed by atoms with Gasteiger partial charge < -0.3 is 10.6 Å². The summed E-state index contributed by atoms with van der Waals surface area (Å²) in [7, 11) is -3.36. The Morgan fingerprint density at radius 3 is 2.42 bits per heavy atom. The summed E-state index contributed by atoms with van der Waals surface area (Å²) < 4.78 is 25.6. The lowest BCUT2D eigenvalue weighted by atomic mass is 10.1. The molecule has 19 heavy (non-hydrogen) atoms. The summed E-state index contributed by atoms with van der Waals surface area (Å²) in [6.07, 6.45) is 5.40. The summed E-state index contributed by atoms with van der Waals surface area (Å²) in [5, 5.41) is 4.43. The minimum atomic E-state index is -3.36. The minimum Gasteiger partial charge on any atom is -0.383 e. The number of aromatic nitrogens is 2. The van der Waals surface area contributed by atoms with Crippen LogP contribution >= 0.6 is 0 Å². The first-order valence-electron chi connectivity index (χ1n) is 6.76. The van der Waals surface area contributed by atoms with Gasteiger partial charge in [-0.1, -0.05) is 6.92 Å². The Kier molecular flexibility index (Phi) is 4.03. The Morgan fingerprint density at radius 2 is 1.89 bits per heavy atom. The molecular weight excluding hydrogens is 264 g/mol. The van der Waals surface area contributed by atoms with E-state index in [-0.39, 0.29) is 10.7 Å². The van der Waals surface area contributed by atoms with Gasteiger partial charge in [0.2, 0.25) is 0 Å². The first kappa shape index (κ1) is 14.2. The predicted octanol–water partition coefficient (Wildman–Crippen LogP) is 1.27. The van der Waals surface area contributed by atoms with E-state index in [1.807, 2.05) is 11.8 Å². The van der Waals surface area contributed by atoms with Gasteiger partial charge in [-0.3, -0.25) is 0 Å². The molecule has 0 unspecified atom stereocenters. The zero-order valence-corrected chi connectivity index (χ0v) is 12.4. The number of nitrogens with zero attached hydrogens (tertiary/aromatic N) is 3. The fraction of sp³-hybridized carbons (Fsp3) is 0.750. The van der Waals surface area contributed by atoms with E-state index in [1.54, 1.807) is 4.68 Å². The molecule has 1 fully saturated rings. The van der Waals surface area contributed by atoms with Crippen molar-refractivity contribution in [2.24, 2.45) is 0 Å². The molecule has 0 amide bonds. The molecule has 2 heterocycles. The van der Waals surface area contributed by atoms with Crippen LogP contribution in [0.1, 0.15) is 32.6 Å². The number of rotatable bonds is 4. The third-order valence-corrected chi connectivity index (χ3v) is 4.52. The van der Waals surface area contributed by atoms with Crippen LogP contribution in [-0.2, 0) is 16.4 Å². The molecule has 1 aromatic rings. The lowest BCUT2D eigenvalue weighted by molar-refractivity contribution is 0.558. The van der Waals surface area contributed by atoms with Gasteiger partial charge in [-0.25, -0.2) is 13.1 Å². The van der Waals surface area contributed by atoms with Crippen LogP contribution in [0.3, 0.4) is 0 Å². The second kappa shape index (κ2) is 5.40. The normalized spacial score (nSPS) is 16.8. The third kappa shape index (κ3) is 2.86. The maximum Gasteiger partial charge on any atom is 0.182 e. The molecule has 0 bridgehead atoms. The Labute approximate surface area is 114 Å². The van der Waals surface area contributed by atoms with Gasteiger partial charge >= 0.3 is 0 Å². The summed E-state index contributed by atoms with van der Waals surface area (Å²) in [5.74, 6) is 0.804. The highest BCUT2D eigenvalue weighted by Crippen LogP contribution is 2.31. The maximum atomic E-state index is 12.0. The molecule has 0 aromatic carbocycles. The van der Waals surface area contributed by atoms with Crippen molar-refractivity contribution in [1.82, 2.24) is 9.78 Å². The van der Waals surface area contributed by atoms with Gasteiger partial charge in [-0.15, -0.1) is 0 Å². The second-order valence-electron chi connectivity index (χ2n) is 5.08. The zero-order chi connectivity index (χ0) is 14.0. The SMILES string of the molecule is CCCn1nc(N2CCCCC2)c(S(C)(=O)=O)c1N. The molecule has 108 valence electrons. The minimum absolute atomic E-state index is 0.197. The van der Waals surface area contributed by atoms with Crippen LogP contribution in [0.2, 0.25) is 0 Å². The largest absolute Gasteiger partial charge is 0.383 e. The number of hydrogen-bond acceptors (Lipinski definition) is 5. The average molecular weight is 286 g/mol. The number of sulfone groups is 1. The predicted molar refractivity (Wildman–Crippen MR) is 76.1 cm³/mol. The lowest BCUT2D eigenvalue weighted by Crippen LogP contribution is -2.31.